The van der Waals surface area contributed by atoms with Crippen LogP contribution in [0.2, 0.25) is 0 Å². The number of benzene rings is 1. The lowest BCUT2D eigenvalue weighted by Gasteiger charge is -2.11. The normalized spacial score (nSPS) is 12.2. The molecule has 0 aliphatic rings. The monoisotopic (exact) mass is 291 g/mol. The zero-order valence-corrected chi connectivity index (χ0v) is 12.8. The molecule has 0 fully saturated rings. The number of fused-ring (bicyclic) bond motifs is 1. The summed E-state index contributed by atoms with van der Waals surface area (Å²) >= 11 is 1.38. The van der Waals surface area contributed by atoms with Crippen LogP contribution in [0.1, 0.15) is 12.5 Å². The Kier molecular flexibility index (Phi) is 4.49. The van der Waals surface area contributed by atoms with Gasteiger partial charge in [0.15, 0.2) is 0 Å². The summed E-state index contributed by atoms with van der Waals surface area (Å²) in [5.41, 5.74) is 1.92. The summed E-state index contributed by atoms with van der Waals surface area (Å²) in [7, 11) is 3.02. The standard InChI is InChI=1S/C15H17NO3S/c1-9-8-13(20-10(2)15(17)19-4)16-14-11(9)6-5-7-12(14)18-3/h5-8,10H,1-4H3. The summed E-state index contributed by atoms with van der Waals surface area (Å²) in [5, 5.41) is 1.55. The van der Waals surface area contributed by atoms with Crippen molar-refractivity contribution >= 4 is 28.6 Å². The Labute approximate surface area is 122 Å². The molecular formula is C15H17NO3S. The second-order valence-corrected chi connectivity index (χ2v) is 5.78. The van der Waals surface area contributed by atoms with Crippen LogP contribution in [0.3, 0.4) is 0 Å². The minimum atomic E-state index is -0.293. The van der Waals surface area contributed by atoms with Crippen molar-refractivity contribution in [2.75, 3.05) is 14.2 Å². The highest BCUT2D eigenvalue weighted by Gasteiger charge is 2.16. The van der Waals surface area contributed by atoms with Gasteiger partial charge in [-0.25, -0.2) is 4.98 Å². The van der Waals surface area contributed by atoms with Crippen LogP contribution in [-0.4, -0.2) is 30.4 Å². The second kappa shape index (κ2) is 6.13. The number of hydrogen-bond acceptors (Lipinski definition) is 5. The number of hydrogen-bond donors (Lipinski definition) is 0. The lowest BCUT2D eigenvalue weighted by Crippen LogP contribution is -2.14. The number of para-hydroxylation sites is 1. The maximum atomic E-state index is 11.5. The number of methoxy groups -OCH3 is 2. The Morgan fingerprint density at radius 2 is 2.10 bits per heavy atom. The Balaban J connectivity index is 2.43. The molecule has 106 valence electrons. The molecule has 4 nitrogen and oxygen atoms in total. The zero-order valence-electron chi connectivity index (χ0n) is 12.0. The van der Waals surface area contributed by atoms with Crippen LogP contribution in [0.15, 0.2) is 29.3 Å². The fraction of sp³-hybridized carbons (Fsp3) is 0.333. The topological polar surface area (TPSA) is 48.4 Å². The van der Waals surface area contributed by atoms with Crippen molar-refractivity contribution < 1.29 is 14.3 Å². The number of carbonyl (C=O) groups is 1. The van der Waals surface area contributed by atoms with E-state index in [0.29, 0.717) is 0 Å². The lowest BCUT2D eigenvalue weighted by atomic mass is 10.1. The predicted octanol–water partition coefficient (Wildman–Crippen LogP) is 3.21. The Morgan fingerprint density at radius 3 is 2.75 bits per heavy atom. The zero-order chi connectivity index (χ0) is 14.7. The lowest BCUT2D eigenvalue weighted by molar-refractivity contribution is -0.139. The molecule has 1 atom stereocenters. The molecule has 1 unspecified atom stereocenters. The van der Waals surface area contributed by atoms with Crippen molar-refractivity contribution in [3.05, 3.63) is 29.8 Å². The largest absolute Gasteiger partial charge is 0.494 e. The average molecular weight is 291 g/mol. The van der Waals surface area contributed by atoms with E-state index in [1.807, 2.05) is 31.2 Å². The van der Waals surface area contributed by atoms with Crippen LogP contribution in [0.5, 0.6) is 5.75 Å². The van der Waals surface area contributed by atoms with E-state index < -0.39 is 0 Å². The molecule has 5 heteroatoms. The van der Waals surface area contributed by atoms with Crippen LogP contribution >= 0.6 is 11.8 Å². The molecule has 2 rings (SSSR count). The van der Waals surface area contributed by atoms with Gasteiger partial charge in [-0.1, -0.05) is 23.9 Å². The number of aromatic nitrogens is 1. The van der Waals surface area contributed by atoms with E-state index in [1.165, 1.54) is 18.9 Å². The number of pyridine rings is 1. The number of ether oxygens (including phenoxy) is 2. The first-order chi connectivity index (χ1) is 9.56. The van der Waals surface area contributed by atoms with Gasteiger partial charge in [0.25, 0.3) is 0 Å². The minimum Gasteiger partial charge on any atom is -0.494 e. The van der Waals surface area contributed by atoms with E-state index in [-0.39, 0.29) is 11.2 Å². The fourth-order valence-corrected chi connectivity index (χ4v) is 2.93. The summed E-state index contributed by atoms with van der Waals surface area (Å²) in [5.74, 6) is 0.480. The number of aryl methyl sites for hydroxylation is 1. The molecule has 20 heavy (non-hydrogen) atoms. The van der Waals surface area contributed by atoms with Gasteiger partial charge in [0, 0.05) is 5.39 Å². The van der Waals surface area contributed by atoms with Gasteiger partial charge in [0.2, 0.25) is 0 Å². The van der Waals surface area contributed by atoms with Gasteiger partial charge in [0.05, 0.1) is 19.2 Å². The summed E-state index contributed by atoms with van der Waals surface area (Å²) < 4.78 is 10.1. The molecule has 0 saturated carbocycles. The Morgan fingerprint density at radius 1 is 1.35 bits per heavy atom. The smallest absolute Gasteiger partial charge is 0.318 e. The van der Waals surface area contributed by atoms with Gasteiger partial charge in [0.1, 0.15) is 16.5 Å². The molecular weight excluding hydrogens is 274 g/mol. The summed E-state index contributed by atoms with van der Waals surface area (Å²) in [6.45, 7) is 3.83. The molecule has 0 aliphatic heterocycles. The summed E-state index contributed by atoms with van der Waals surface area (Å²) in [4.78, 5) is 16.1. The van der Waals surface area contributed by atoms with Crippen molar-refractivity contribution in [2.45, 2.75) is 24.1 Å². The van der Waals surface area contributed by atoms with E-state index in [1.54, 1.807) is 14.0 Å². The van der Waals surface area contributed by atoms with Gasteiger partial charge in [-0.3, -0.25) is 4.79 Å². The van der Waals surface area contributed by atoms with Crippen LogP contribution in [0.25, 0.3) is 10.9 Å². The van der Waals surface area contributed by atoms with E-state index in [9.17, 15) is 4.79 Å². The number of thioether (sulfide) groups is 1. The molecule has 2 aromatic rings. The van der Waals surface area contributed by atoms with E-state index in [2.05, 4.69) is 4.98 Å². The molecule has 1 heterocycles. The van der Waals surface area contributed by atoms with E-state index in [0.717, 1.165) is 27.2 Å². The van der Waals surface area contributed by atoms with E-state index >= 15 is 0 Å². The average Bonchev–Trinajstić information content (AvgIpc) is 2.45. The highest BCUT2D eigenvalue weighted by molar-refractivity contribution is 8.00. The van der Waals surface area contributed by atoms with Crippen molar-refractivity contribution in [2.24, 2.45) is 0 Å². The van der Waals surface area contributed by atoms with Crippen molar-refractivity contribution in [1.82, 2.24) is 4.98 Å². The van der Waals surface area contributed by atoms with Gasteiger partial charge in [-0.2, -0.15) is 0 Å². The highest BCUT2D eigenvalue weighted by atomic mass is 32.2. The fourth-order valence-electron chi connectivity index (χ4n) is 1.98. The molecule has 1 aromatic heterocycles. The second-order valence-electron chi connectivity index (χ2n) is 4.42. The molecule has 0 spiro atoms. The maximum Gasteiger partial charge on any atom is 0.318 e. The van der Waals surface area contributed by atoms with Crippen molar-refractivity contribution in [3.63, 3.8) is 0 Å². The van der Waals surface area contributed by atoms with Gasteiger partial charge < -0.3 is 9.47 Å². The first-order valence-electron chi connectivity index (χ1n) is 6.25. The maximum absolute atomic E-state index is 11.5. The van der Waals surface area contributed by atoms with Crippen molar-refractivity contribution in [3.8, 4) is 5.75 Å². The van der Waals surface area contributed by atoms with Crippen LogP contribution in [-0.2, 0) is 9.53 Å². The van der Waals surface area contributed by atoms with E-state index in [4.69, 9.17) is 9.47 Å². The molecule has 0 aliphatic carbocycles. The number of nitrogens with zero attached hydrogens (tertiary/aromatic N) is 1. The number of carbonyl (C=O) groups excluding carboxylic acids is 1. The SMILES string of the molecule is COC(=O)C(C)Sc1cc(C)c2cccc(OC)c2n1. The first kappa shape index (κ1) is 14.7. The molecule has 0 bridgehead atoms. The third-order valence-corrected chi connectivity index (χ3v) is 4.03. The van der Waals surface area contributed by atoms with Gasteiger partial charge in [-0.15, -0.1) is 0 Å². The first-order valence-corrected chi connectivity index (χ1v) is 7.13. The summed E-state index contributed by atoms with van der Waals surface area (Å²) in [6, 6.07) is 7.82. The quantitative estimate of drug-likeness (QED) is 0.639. The predicted molar refractivity (Wildman–Crippen MR) is 80.4 cm³/mol. The molecule has 0 N–H and O–H groups in total. The summed E-state index contributed by atoms with van der Waals surface area (Å²) in [6.07, 6.45) is 0. The van der Waals surface area contributed by atoms with Gasteiger partial charge >= 0.3 is 5.97 Å². The van der Waals surface area contributed by atoms with Gasteiger partial charge in [-0.05, 0) is 31.5 Å². The third-order valence-electron chi connectivity index (χ3n) is 3.04. The number of rotatable bonds is 4. The number of esters is 1. The van der Waals surface area contributed by atoms with Crippen molar-refractivity contribution in [1.29, 1.82) is 0 Å². The van der Waals surface area contributed by atoms with Crippen LogP contribution in [0, 0.1) is 6.92 Å². The molecule has 0 saturated heterocycles. The third kappa shape index (κ3) is 2.88. The highest BCUT2D eigenvalue weighted by Crippen LogP contribution is 2.31. The molecule has 1 aromatic carbocycles. The van der Waals surface area contributed by atoms with Crippen LogP contribution in [0.4, 0.5) is 0 Å². The Bertz CT molecular complexity index is 642. The van der Waals surface area contributed by atoms with Crippen LogP contribution < -0.4 is 4.74 Å². The molecule has 0 amide bonds. The molecule has 0 radical (unpaired) electrons. The minimum absolute atomic E-state index is 0.255. The Hall–Kier alpha value is -1.75.